The fourth-order valence-electron chi connectivity index (χ4n) is 11.1. The lowest BCUT2D eigenvalue weighted by Gasteiger charge is -2.21. The normalized spacial score (nSPS) is 14.7. The summed E-state index contributed by atoms with van der Waals surface area (Å²) in [4.78, 5) is 72.5. The lowest BCUT2D eigenvalue weighted by molar-refractivity contribution is -0.161. The molecule has 0 rings (SSSR count). The zero-order valence-electron chi connectivity index (χ0n) is 59.9. The van der Waals surface area contributed by atoms with E-state index < -0.39 is 97.5 Å². The topological polar surface area (TPSA) is 237 Å². The Morgan fingerprint density at radius 3 is 0.772 bits per heavy atom. The minimum atomic E-state index is -4.95. The highest BCUT2D eigenvalue weighted by molar-refractivity contribution is 7.47. The lowest BCUT2D eigenvalue weighted by atomic mass is 9.99. The van der Waals surface area contributed by atoms with E-state index in [0.29, 0.717) is 25.7 Å². The molecule has 0 fully saturated rings. The summed E-state index contributed by atoms with van der Waals surface area (Å²) in [5, 5.41) is 10.6. The standard InChI is InChI=1S/C73H142O17P2/c1-7-11-13-15-17-18-27-31-39-45-51-57-72(77)89-68(61-83-70(75)55-49-43-35-16-14-12-8-2)63-87-91(79,80)85-59-67(74)60-86-92(81,82)88-64-69(62-84-71(76)56-50-44-38-34-33-37-42-48-54-66(6)10-4)90-73(78)58-52-46-40-32-29-26-24-22-20-19-21-23-25-28-30-36-41-47-53-65(5)9-3/h65-69,74H,7-64H2,1-6H3,(H,79,80)(H,81,82)/t65?,66?,67-,68+,69+/m0/s1. The van der Waals surface area contributed by atoms with E-state index in [9.17, 15) is 43.2 Å². The Labute approximate surface area is 562 Å². The Bertz CT molecular complexity index is 1790. The number of hydrogen-bond acceptors (Lipinski definition) is 15. The Balaban J connectivity index is 5.14. The highest BCUT2D eigenvalue weighted by Gasteiger charge is 2.30. The predicted molar refractivity (Wildman–Crippen MR) is 372 cm³/mol. The third kappa shape index (κ3) is 64.1. The maximum Gasteiger partial charge on any atom is 0.472 e. The van der Waals surface area contributed by atoms with Gasteiger partial charge in [0, 0.05) is 25.7 Å². The van der Waals surface area contributed by atoms with E-state index in [2.05, 4.69) is 41.5 Å². The molecule has 0 aromatic carbocycles. The predicted octanol–water partition coefficient (Wildman–Crippen LogP) is 21.2. The number of aliphatic hydroxyl groups is 1. The SMILES string of the molecule is CCCCCCCCCCCCCC(=O)O[C@H](COC(=O)CCCCCCCCC)COP(=O)(O)OC[C@H](O)COP(=O)(O)OC[C@@H](COC(=O)CCCCCCCCCCC(C)CC)OC(=O)CCCCCCCCCCCCCCCCCCCCC(C)CC. The molecular formula is C73H142O17P2. The van der Waals surface area contributed by atoms with Crippen molar-refractivity contribution in [1.82, 2.24) is 0 Å². The van der Waals surface area contributed by atoms with Gasteiger partial charge in [0.1, 0.15) is 19.3 Å². The van der Waals surface area contributed by atoms with Crippen LogP contribution in [0.15, 0.2) is 0 Å². The Morgan fingerprint density at radius 2 is 0.522 bits per heavy atom. The smallest absolute Gasteiger partial charge is 0.462 e. The fraction of sp³-hybridized carbons (Fsp3) is 0.945. The number of rotatable bonds is 72. The first-order valence-corrected chi connectivity index (χ1v) is 41.1. The van der Waals surface area contributed by atoms with E-state index in [1.807, 2.05) is 0 Å². The average Bonchev–Trinajstić information content (AvgIpc) is 2.25. The van der Waals surface area contributed by atoms with Crippen molar-refractivity contribution in [2.24, 2.45) is 11.8 Å². The second-order valence-electron chi connectivity index (χ2n) is 26.8. The minimum absolute atomic E-state index is 0.106. The van der Waals surface area contributed by atoms with Crippen molar-refractivity contribution in [1.29, 1.82) is 0 Å². The summed E-state index contributed by atoms with van der Waals surface area (Å²) >= 11 is 0. The fourth-order valence-corrected chi connectivity index (χ4v) is 12.6. The number of esters is 4. The number of phosphoric acid groups is 2. The maximum absolute atomic E-state index is 13.1. The van der Waals surface area contributed by atoms with Crippen LogP contribution in [0.3, 0.4) is 0 Å². The van der Waals surface area contributed by atoms with Crippen LogP contribution in [0.4, 0.5) is 0 Å². The molecule has 7 atom stereocenters. The van der Waals surface area contributed by atoms with E-state index in [-0.39, 0.29) is 25.7 Å². The van der Waals surface area contributed by atoms with Gasteiger partial charge in [-0.05, 0) is 37.5 Å². The number of ether oxygens (including phenoxy) is 4. The van der Waals surface area contributed by atoms with Crippen molar-refractivity contribution in [3.8, 4) is 0 Å². The second kappa shape index (κ2) is 65.0. The van der Waals surface area contributed by atoms with Gasteiger partial charge in [-0.1, -0.05) is 324 Å². The third-order valence-corrected chi connectivity index (χ3v) is 19.6. The molecule has 0 spiro atoms. The van der Waals surface area contributed by atoms with Crippen LogP contribution in [0, 0.1) is 11.8 Å². The molecule has 17 nitrogen and oxygen atoms in total. The minimum Gasteiger partial charge on any atom is -0.462 e. The number of phosphoric ester groups is 2. The third-order valence-electron chi connectivity index (χ3n) is 17.7. The van der Waals surface area contributed by atoms with Crippen molar-refractivity contribution in [3.05, 3.63) is 0 Å². The van der Waals surface area contributed by atoms with E-state index in [0.717, 1.165) is 115 Å². The number of unbranched alkanes of at least 4 members (excludes halogenated alkanes) is 40. The Kier molecular flexibility index (Phi) is 63.7. The van der Waals surface area contributed by atoms with Crippen LogP contribution >= 0.6 is 15.6 Å². The second-order valence-corrected chi connectivity index (χ2v) is 29.7. The van der Waals surface area contributed by atoms with Gasteiger partial charge in [0.25, 0.3) is 0 Å². The van der Waals surface area contributed by atoms with Crippen LogP contribution in [-0.4, -0.2) is 96.7 Å². The summed E-state index contributed by atoms with van der Waals surface area (Å²) in [6.45, 7) is 9.59. The van der Waals surface area contributed by atoms with Crippen molar-refractivity contribution in [3.63, 3.8) is 0 Å². The van der Waals surface area contributed by atoms with Gasteiger partial charge in [0.2, 0.25) is 0 Å². The molecule has 0 aromatic heterocycles. The molecule has 0 saturated carbocycles. The molecule has 0 radical (unpaired) electrons. The van der Waals surface area contributed by atoms with E-state index >= 15 is 0 Å². The van der Waals surface area contributed by atoms with E-state index in [4.69, 9.17) is 37.0 Å². The zero-order chi connectivity index (χ0) is 67.9. The molecule has 0 amide bonds. The van der Waals surface area contributed by atoms with Crippen LogP contribution in [0.25, 0.3) is 0 Å². The Morgan fingerprint density at radius 1 is 0.304 bits per heavy atom. The van der Waals surface area contributed by atoms with Gasteiger partial charge in [0.15, 0.2) is 12.2 Å². The Hall–Kier alpha value is -1.94. The molecule has 0 aliphatic rings. The zero-order valence-corrected chi connectivity index (χ0v) is 61.6. The summed E-state index contributed by atoms with van der Waals surface area (Å²) in [7, 11) is -9.90. The number of aliphatic hydroxyl groups excluding tert-OH is 1. The lowest BCUT2D eigenvalue weighted by Crippen LogP contribution is -2.30. The van der Waals surface area contributed by atoms with Crippen LogP contribution in [0.5, 0.6) is 0 Å². The van der Waals surface area contributed by atoms with Crippen LogP contribution in [0.1, 0.15) is 375 Å². The molecule has 0 bridgehead atoms. The van der Waals surface area contributed by atoms with Gasteiger partial charge in [-0.15, -0.1) is 0 Å². The van der Waals surface area contributed by atoms with Crippen LogP contribution in [-0.2, 0) is 65.4 Å². The van der Waals surface area contributed by atoms with Crippen molar-refractivity contribution in [2.45, 2.75) is 394 Å². The average molecular weight is 1350 g/mol. The monoisotopic (exact) mass is 1350 g/mol. The van der Waals surface area contributed by atoms with E-state index in [1.165, 1.54) is 180 Å². The number of hydrogen-bond donors (Lipinski definition) is 3. The molecule has 3 N–H and O–H groups in total. The maximum atomic E-state index is 13.1. The molecule has 19 heteroatoms. The van der Waals surface area contributed by atoms with Gasteiger partial charge in [-0.25, -0.2) is 9.13 Å². The van der Waals surface area contributed by atoms with Crippen LogP contribution < -0.4 is 0 Å². The molecular weight excluding hydrogens is 1210 g/mol. The van der Waals surface area contributed by atoms with Crippen molar-refractivity contribution < 1.29 is 80.2 Å². The van der Waals surface area contributed by atoms with Gasteiger partial charge >= 0.3 is 39.5 Å². The van der Waals surface area contributed by atoms with Gasteiger partial charge in [-0.3, -0.25) is 37.3 Å². The number of carbonyl (C=O) groups is 4. The number of carbonyl (C=O) groups excluding carboxylic acids is 4. The summed E-state index contributed by atoms with van der Waals surface area (Å²) in [5.41, 5.74) is 0. The molecule has 0 aliphatic carbocycles. The van der Waals surface area contributed by atoms with Gasteiger partial charge < -0.3 is 33.8 Å². The summed E-state index contributed by atoms with van der Waals surface area (Å²) < 4.78 is 68.2. The molecule has 0 heterocycles. The molecule has 0 aliphatic heterocycles. The highest BCUT2D eigenvalue weighted by Crippen LogP contribution is 2.45. The first-order valence-electron chi connectivity index (χ1n) is 38.1. The molecule has 4 unspecified atom stereocenters. The van der Waals surface area contributed by atoms with Crippen molar-refractivity contribution in [2.75, 3.05) is 39.6 Å². The van der Waals surface area contributed by atoms with Gasteiger partial charge in [-0.2, -0.15) is 0 Å². The molecule has 546 valence electrons. The molecule has 0 aromatic rings. The first-order chi connectivity index (χ1) is 44.4. The van der Waals surface area contributed by atoms with Crippen LogP contribution in [0.2, 0.25) is 0 Å². The highest BCUT2D eigenvalue weighted by atomic mass is 31.2. The summed E-state index contributed by atoms with van der Waals surface area (Å²) in [6, 6.07) is 0. The quantitative estimate of drug-likeness (QED) is 0.0222. The largest absolute Gasteiger partial charge is 0.472 e. The molecule has 0 saturated heterocycles. The summed E-state index contributed by atoms with van der Waals surface area (Å²) in [6.07, 6.45) is 51.4. The first kappa shape index (κ1) is 90.1. The molecule has 92 heavy (non-hydrogen) atoms. The van der Waals surface area contributed by atoms with E-state index in [1.54, 1.807) is 0 Å². The van der Waals surface area contributed by atoms with Crippen molar-refractivity contribution >= 4 is 39.5 Å². The van der Waals surface area contributed by atoms with Gasteiger partial charge in [0.05, 0.1) is 26.4 Å². The summed E-state index contributed by atoms with van der Waals surface area (Å²) in [5.74, 6) is -0.477.